The minimum Gasteiger partial charge on any atom is -0.310 e. The standard InChI is InChI=1S/C33H46N6O3/c1-22-35-27-6-2-4-26(30(27)32(42)39(22)28-7-8-29(40)36-31(28)41)5-3-10-37-12-14-38(15-13-37)11-9-34-33-19-23-16-24(20-33)18-25(17-23)21-33/h2,4,6,23-25,28,34H,3,5,7-21H2,1H3,(H,36,40,41). The van der Waals surface area contributed by atoms with Crippen LogP contribution in [0.25, 0.3) is 10.9 Å². The maximum Gasteiger partial charge on any atom is 0.262 e. The molecule has 4 saturated carbocycles. The molecule has 0 spiro atoms. The molecule has 6 fully saturated rings. The number of nitrogens with zero attached hydrogens (tertiary/aromatic N) is 4. The largest absolute Gasteiger partial charge is 0.310 e. The Morgan fingerprint density at radius 2 is 1.62 bits per heavy atom. The first-order valence-corrected chi connectivity index (χ1v) is 16.4. The van der Waals surface area contributed by atoms with Crippen LogP contribution in [-0.4, -0.2) is 82.5 Å². The van der Waals surface area contributed by atoms with E-state index in [1.54, 1.807) is 6.92 Å². The normalized spacial score (nSPS) is 31.6. The Morgan fingerprint density at radius 1 is 0.952 bits per heavy atom. The third-order valence-electron chi connectivity index (χ3n) is 11.1. The number of carbonyl (C=O) groups excluding carboxylic acids is 2. The maximum absolute atomic E-state index is 13.7. The first-order chi connectivity index (χ1) is 20.4. The first kappa shape index (κ1) is 28.2. The van der Waals surface area contributed by atoms with E-state index in [1.807, 2.05) is 18.2 Å². The van der Waals surface area contributed by atoms with Crippen LogP contribution in [-0.2, 0) is 16.0 Å². The molecule has 4 aliphatic carbocycles. The number of fused-ring (bicyclic) bond motifs is 1. The van der Waals surface area contributed by atoms with Crippen molar-refractivity contribution in [2.75, 3.05) is 45.8 Å². The zero-order valence-corrected chi connectivity index (χ0v) is 25.1. The molecule has 2 N–H and O–H groups in total. The molecule has 2 aromatic rings. The monoisotopic (exact) mass is 574 g/mol. The van der Waals surface area contributed by atoms with Crippen LogP contribution in [0.2, 0.25) is 0 Å². The maximum atomic E-state index is 13.7. The zero-order chi connectivity index (χ0) is 28.8. The number of piperidine rings is 1. The molecule has 1 atom stereocenters. The number of piperazine rings is 1. The molecule has 2 amide bonds. The van der Waals surface area contributed by atoms with E-state index < -0.39 is 11.9 Å². The van der Waals surface area contributed by atoms with Crippen LogP contribution in [0.4, 0.5) is 0 Å². The summed E-state index contributed by atoms with van der Waals surface area (Å²) < 4.78 is 1.49. The molecule has 2 saturated heterocycles. The quantitative estimate of drug-likeness (QED) is 0.445. The number of hydrogen-bond acceptors (Lipinski definition) is 7. The number of carbonyl (C=O) groups is 2. The summed E-state index contributed by atoms with van der Waals surface area (Å²) in [5, 5.41) is 7.04. The van der Waals surface area contributed by atoms with Gasteiger partial charge in [-0.2, -0.15) is 0 Å². The smallest absolute Gasteiger partial charge is 0.262 e. The van der Waals surface area contributed by atoms with E-state index in [1.165, 1.54) is 43.1 Å². The predicted molar refractivity (Wildman–Crippen MR) is 162 cm³/mol. The summed E-state index contributed by atoms with van der Waals surface area (Å²) >= 11 is 0. The van der Waals surface area contributed by atoms with Gasteiger partial charge in [-0.3, -0.25) is 29.2 Å². The lowest BCUT2D eigenvalue weighted by molar-refractivity contribution is -0.135. The van der Waals surface area contributed by atoms with Crippen molar-refractivity contribution >= 4 is 22.7 Å². The summed E-state index contributed by atoms with van der Waals surface area (Å²) in [5.74, 6) is 2.78. The van der Waals surface area contributed by atoms with Gasteiger partial charge in [-0.25, -0.2) is 4.98 Å². The molecule has 0 radical (unpaired) electrons. The molecule has 42 heavy (non-hydrogen) atoms. The molecule has 2 aliphatic heterocycles. The SMILES string of the molecule is Cc1nc2cccc(CCCN3CCN(CCNC45CC6CC(CC(C6)C4)C5)CC3)c2c(=O)n1C1CCC(=O)NC1=O. The van der Waals surface area contributed by atoms with Crippen LogP contribution in [0.5, 0.6) is 0 Å². The predicted octanol–water partition coefficient (Wildman–Crippen LogP) is 2.79. The van der Waals surface area contributed by atoms with Crippen LogP contribution < -0.4 is 16.2 Å². The highest BCUT2D eigenvalue weighted by Crippen LogP contribution is 2.55. The molecule has 3 heterocycles. The number of amides is 2. The van der Waals surface area contributed by atoms with E-state index in [2.05, 4.69) is 25.4 Å². The van der Waals surface area contributed by atoms with Crippen molar-refractivity contribution in [3.05, 3.63) is 39.9 Å². The van der Waals surface area contributed by atoms with Gasteiger partial charge in [-0.1, -0.05) is 12.1 Å². The fourth-order valence-corrected chi connectivity index (χ4v) is 9.46. The minimum atomic E-state index is -0.695. The summed E-state index contributed by atoms with van der Waals surface area (Å²) in [6.07, 6.45) is 11.1. The highest BCUT2D eigenvalue weighted by molar-refractivity contribution is 5.99. The second kappa shape index (κ2) is 11.5. The minimum absolute atomic E-state index is 0.182. The fourth-order valence-electron chi connectivity index (χ4n) is 9.46. The Hall–Kier alpha value is -2.62. The summed E-state index contributed by atoms with van der Waals surface area (Å²) in [4.78, 5) is 47.8. The number of hydrogen-bond donors (Lipinski definition) is 2. The Morgan fingerprint density at radius 3 is 2.29 bits per heavy atom. The van der Waals surface area contributed by atoms with Gasteiger partial charge in [-0.15, -0.1) is 0 Å². The molecule has 9 nitrogen and oxygen atoms in total. The van der Waals surface area contributed by atoms with Gasteiger partial charge in [0.15, 0.2) is 0 Å². The van der Waals surface area contributed by atoms with Crippen LogP contribution in [0, 0.1) is 24.7 Å². The van der Waals surface area contributed by atoms with Gasteiger partial charge in [0.05, 0.1) is 10.9 Å². The second-order valence-corrected chi connectivity index (χ2v) is 14.0. The van der Waals surface area contributed by atoms with Crippen molar-refractivity contribution in [3.8, 4) is 0 Å². The molecular weight excluding hydrogens is 528 g/mol. The van der Waals surface area contributed by atoms with Gasteiger partial charge < -0.3 is 10.2 Å². The molecule has 8 rings (SSSR count). The van der Waals surface area contributed by atoms with E-state index >= 15 is 0 Å². The Labute approximate surface area is 248 Å². The third kappa shape index (κ3) is 5.55. The molecule has 6 aliphatic rings. The van der Waals surface area contributed by atoms with E-state index in [-0.39, 0.29) is 17.9 Å². The first-order valence-electron chi connectivity index (χ1n) is 16.4. The molecule has 1 unspecified atom stereocenters. The number of nitrogens with one attached hydrogen (secondary N) is 2. The van der Waals surface area contributed by atoms with E-state index in [0.29, 0.717) is 28.7 Å². The fraction of sp³-hybridized carbons (Fsp3) is 0.697. The van der Waals surface area contributed by atoms with Gasteiger partial charge in [0.1, 0.15) is 11.9 Å². The van der Waals surface area contributed by atoms with Gasteiger partial charge >= 0.3 is 0 Å². The lowest BCUT2D eigenvalue weighted by Crippen LogP contribution is -2.59. The van der Waals surface area contributed by atoms with E-state index in [4.69, 9.17) is 0 Å². The Bertz CT molecular complexity index is 1380. The molecule has 1 aromatic heterocycles. The van der Waals surface area contributed by atoms with Crippen molar-refractivity contribution in [2.24, 2.45) is 17.8 Å². The summed E-state index contributed by atoms with van der Waals surface area (Å²) in [6.45, 7) is 9.47. The van der Waals surface area contributed by atoms with Crippen LogP contribution >= 0.6 is 0 Å². The Balaban J connectivity index is 0.910. The second-order valence-electron chi connectivity index (χ2n) is 14.0. The van der Waals surface area contributed by atoms with Crippen molar-refractivity contribution in [2.45, 2.75) is 82.7 Å². The van der Waals surface area contributed by atoms with Gasteiger partial charge in [0, 0.05) is 51.2 Å². The highest BCUT2D eigenvalue weighted by Gasteiger charge is 2.50. The van der Waals surface area contributed by atoms with E-state index in [0.717, 1.165) is 82.0 Å². The molecular formula is C33H46N6O3. The van der Waals surface area contributed by atoms with Gasteiger partial charge in [0.2, 0.25) is 11.8 Å². The van der Waals surface area contributed by atoms with Crippen LogP contribution in [0.3, 0.4) is 0 Å². The molecule has 1 aromatic carbocycles. The number of rotatable bonds is 9. The summed E-state index contributed by atoms with van der Waals surface area (Å²) in [5.41, 5.74) is 1.94. The van der Waals surface area contributed by atoms with Crippen molar-refractivity contribution in [1.29, 1.82) is 0 Å². The molecule has 4 bridgehead atoms. The third-order valence-corrected chi connectivity index (χ3v) is 11.1. The molecule has 9 heteroatoms. The Kier molecular flexibility index (Phi) is 7.69. The number of benzene rings is 1. The van der Waals surface area contributed by atoms with Crippen molar-refractivity contribution < 1.29 is 9.59 Å². The van der Waals surface area contributed by atoms with E-state index in [9.17, 15) is 14.4 Å². The number of aryl methyl sites for hydroxylation is 2. The topological polar surface area (TPSA) is 99.6 Å². The zero-order valence-electron chi connectivity index (χ0n) is 25.1. The average Bonchev–Trinajstić information content (AvgIpc) is 2.94. The van der Waals surface area contributed by atoms with Crippen molar-refractivity contribution in [3.63, 3.8) is 0 Å². The van der Waals surface area contributed by atoms with Gasteiger partial charge in [-0.05, 0) is 101 Å². The summed E-state index contributed by atoms with van der Waals surface area (Å²) in [6, 6.07) is 5.17. The number of imide groups is 1. The average molecular weight is 575 g/mol. The van der Waals surface area contributed by atoms with Crippen LogP contribution in [0.15, 0.2) is 23.0 Å². The van der Waals surface area contributed by atoms with Crippen molar-refractivity contribution in [1.82, 2.24) is 30.0 Å². The van der Waals surface area contributed by atoms with Gasteiger partial charge in [0.25, 0.3) is 5.56 Å². The molecule has 226 valence electrons. The lowest BCUT2D eigenvalue weighted by atomic mass is 9.53. The highest BCUT2D eigenvalue weighted by atomic mass is 16.2. The lowest BCUT2D eigenvalue weighted by Gasteiger charge is -2.57. The number of aromatic nitrogens is 2. The van der Waals surface area contributed by atoms with Crippen LogP contribution in [0.1, 0.15) is 75.2 Å². The summed E-state index contributed by atoms with van der Waals surface area (Å²) in [7, 11) is 0.